The van der Waals surface area contributed by atoms with Crippen LogP contribution < -0.4 is 0 Å². The Hall–Kier alpha value is -0.310. The summed E-state index contributed by atoms with van der Waals surface area (Å²) < 4.78 is -0.432. The van der Waals surface area contributed by atoms with Gasteiger partial charge in [0.05, 0.1) is 6.20 Å². The van der Waals surface area contributed by atoms with Crippen molar-refractivity contribution in [2.45, 2.75) is 0 Å². The van der Waals surface area contributed by atoms with E-state index in [1.807, 2.05) is 12.2 Å². The molecule has 0 fully saturated rings. The van der Waals surface area contributed by atoms with E-state index in [1.165, 1.54) is 0 Å². The smallest absolute Gasteiger partial charge is 0.159 e. The number of hydroxylamine groups is 3. The maximum Gasteiger partial charge on any atom is 0.159 e. The van der Waals surface area contributed by atoms with Crippen LogP contribution in [0.4, 0.5) is 0 Å². The Labute approximate surface area is 59.2 Å². The monoisotopic (exact) mass is 145 g/mol. The molecule has 1 aliphatic rings. The van der Waals surface area contributed by atoms with Gasteiger partial charge in [0.25, 0.3) is 0 Å². The fourth-order valence-corrected chi connectivity index (χ4v) is 0.851. The fraction of sp³-hybridized carbons (Fsp3) is 0.333. The second-order valence-corrected chi connectivity index (χ2v) is 2.26. The minimum atomic E-state index is -0.432. The van der Waals surface area contributed by atoms with Crippen LogP contribution in [0.5, 0.6) is 0 Å². The molecule has 0 N–H and O–H groups in total. The third kappa shape index (κ3) is 1.55. The van der Waals surface area contributed by atoms with Crippen molar-refractivity contribution in [3.63, 3.8) is 0 Å². The van der Waals surface area contributed by atoms with Crippen molar-refractivity contribution in [1.82, 2.24) is 0 Å². The molecular formula is C6H8ClNO. The van der Waals surface area contributed by atoms with Gasteiger partial charge in [-0.05, 0) is 12.2 Å². The Morgan fingerprint density at radius 1 is 1.56 bits per heavy atom. The van der Waals surface area contributed by atoms with Crippen LogP contribution in [0, 0.1) is 5.21 Å². The van der Waals surface area contributed by atoms with E-state index < -0.39 is 4.65 Å². The zero-order valence-electron chi connectivity index (χ0n) is 4.96. The first-order valence-corrected chi connectivity index (χ1v) is 3.28. The lowest BCUT2D eigenvalue weighted by atomic mass is 10.4. The van der Waals surface area contributed by atoms with Crippen LogP contribution in [0.1, 0.15) is 0 Å². The molecule has 0 aliphatic carbocycles. The molecule has 3 heteroatoms. The van der Waals surface area contributed by atoms with E-state index in [2.05, 4.69) is 0 Å². The van der Waals surface area contributed by atoms with E-state index >= 15 is 0 Å². The highest BCUT2D eigenvalue weighted by molar-refractivity contribution is 6.17. The summed E-state index contributed by atoms with van der Waals surface area (Å²) in [4.78, 5) is 0. The lowest BCUT2D eigenvalue weighted by molar-refractivity contribution is -0.811. The van der Waals surface area contributed by atoms with Crippen LogP contribution in [0.25, 0.3) is 0 Å². The maximum absolute atomic E-state index is 11.2. The number of rotatable bonds is 1. The molecule has 1 heterocycles. The predicted octanol–water partition coefficient (Wildman–Crippen LogP) is 1.58. The molecule has 0 amide bonds. The van der Waals surface area contributed by atoms with E-state index in [-0.39, 0.29) is 6.00 Å². The number of quaternary nitrogens is 1. The van der Waals surface area contributed by atoms with Crippen LogP contribution in [0.3, 0.4) is 0 Å². The summed E-state index contributed by atoms with van der Waals surface area (Å²) in [6, 6.07) is 0.0981. The zero-order chi connectivity index (χ0) is 6.74. The van der Waals surface area contributed by atoms with Crippen molar-refractivity contribution in [1.29, 1.82) is 0 Å². The highest BCUT2D eigenvalue weighted by Crippen LogP contribution is 2.10. The van der Waals surface area contributed by atoms with Crippen LogP contribution in [-0.4, -0.2) is 17.2 Å². The van der Waals surface area contributed by atoms with E-state index in [4.69, 9.17) is 11.6 Å². The lowest BCUT2D eigenvalue weighted by Gasteiger charge is -2.36. The molecule has 1 rings (SSSR count). The first-order valence-electron chi connectivity index (χ1n) is 2.75. The Bertz CT molecular complexity index is 155. The average molecular weight is 146 g/mol. The summed E-state index contributed by atoms with van der Waals surface area (Å²) in [5.74, 6) is 0. The fourth-order valence-electron chi connectivity index (χ4n) is 0.674. The highest BCUT2D eigenvalue weighted by Gasteiger charge is 2.10. The maximum atomic E-state index is 11.2. The molecule has 0 aromatic rings. The Morgan fingerprint density at radius 3 is 2.67 bits per heavy atom. The molecule has 0 saturated carbocycles. The number of alkyl halides is 1. The molecule has 1 atom stereocenters. The molecule has 0 aromatic heterocycles. The average Bonchev–Trinajstić information content (AvgIpc) is 1.90. The standard InChI is InChI=1S/C6H8ClNO/c7-6-8(9)4-2-1-3-5-8/h1-4H,5-6H2. The van der Waals surface area contributed by atoms with E-state index in [9.17, 15) is 5.21 Å². The number of allylic oxidation sites excluding steroid dienone is 2. The van der Waals surface area contributed by atoms with Gasteiger partial charge in [0, 0.05) is 0 Å². The summed E-state index contributed by atoms with van der Waals surface area (Å²) in [6.07, 6.45) is 6.93. The Balaban J connectivity index is 2.63. The van der Waals surface area contributed by atoms with Crippen molar-refractivity contribution in [2.24, 2.45) is 0 Å². The van der Waals surface area contributed by atoms with Crippen molar-refractivity contribution < 1.29 is 4.65 Å². The molecule has 0 spiro atoms. The SMILES string of the molecule is [O-][N+]1(CCl)C=CC=CC1. The van der Waals surface area contributed by atoms with Gasteiger partial charge in [0.2, 0.25) is 0 Å². The Kier molecular flexibility index (Phi) is 1.90. The first kappa shape index (κ1) is 6.81. The minimum Gasteiger partial charge on any atom is -0.627 e. The summed E-state index contributed by atoms with van der Waals surface area (Å²) >= 11 is 5.40. The van der Waals surface area contributed by atoms with Gasteiger partial charge < -0.3 is 9.85 Å². The van der Waals surface area contributed by atoms with E-state index in [0.29, 0.717) is 6.54 Å². The van der Waals surface area contributed by atoms with Crippen molar-refractivity contribution >= 4 is 11.6 Å². The second-order valence-electron chi connectivity index (χ2n) is 2.02. The van der Waals surface area contributed by atoms with Gasteiger partial charge in [-0.1, -0.05) is 17.7 Å². The quantitative estimate of drug-likeness (QED) is 0.238. The van der Waals surface area contributed by atoms with Crippen molar-refractivity contribution in [2.75, 3.05) is 12.5 Å². The third-order valence-corrected chi connectivity index (χ3v) is 1.63. The van der Waals surface area contributed by atoms with Crippen LogP contribution in [0.15, 0.2) is 24.4 Å². The summed E-state index contributed by atoms with van der Waals surface area (Å²) in [6.45, 7) is 0.458. The summed E-state index contributed by atoms with van der Waals surface area (Å²) in [5.41, 5.74) is 0. The molecule has 50 valence electrons. The molecule has 1 unspecified atom stereocenters. The zero-order valence-corrected chi connectivity index (χ0v) is 5.71. The number of halogens is 1. The molecule has 0 saturated heterocycles. The number of hydrogen-bond acceptors (Lipinski definition) is 1. The molecule has 2 nitrogen and oxygen atoms in total. The molecule has 0 bridgehead atoms. The molecular weight excluding hydrogens is 138 g/mol. The van der Waals surface area contributed by atoms with Crippen molar-refractivity contribution in [3.05, 3.63) is 29.6 Å². The van der Waals surface area contributed by atoms with Gasteiger partial charge in [0.1, 0.15) is 6.54 Å². The largest absolute Gasteiger partial charge is 0.627 e. The third-order valence-electron chi connectivity index (χ3n) is 1.22. The van der Waals surface area contributed by atoms with E-state index in [0.717, 1.165) is 0 Å². The summed E-state index contributed by atoms with van der Waals surface area (Å²) in [7, 11) is 0. The van der Waals surface area contributed by atoms with Crippen LogP contribution >= 0.6 is 11.6 Å². The lowest BCUT2D eigenvalue weighted by Crippen LogP contribution is -2.35. The normalized spacial score (nSPS) is 33.1. The topological polar surface area (TPSA) is 23.1 Å². The van der Waals surface area contributed by atoms with Crippen LogP contribution in [0.2, 0.25) is 0 Å². The van der Waals surface area contributed by atoms with Gasteiger partial charge in [-0.15, -0.1) is 0 Å². The highest BCUT2D eigenvalue weighted by atomic mass is 35.5. The van der Waals surface area contributed by atoms with E-state index in [1.54, 1.807) is 12.3 Å². The second kappa shape index (κ2) is 2.52. The molecule has 9 heavy (non-hydrogen) atoms. The predicted molar refractivity (Wildman–Crippen MR) is 37.5 cm³/mol. The van der Waals surface area contributed by atoms with Gasteiger partial charge >= 0.3 is 0 Å². The molecule has 1 aliphatic heterocycles. The Morgan fingerprint density at radius 2 is 2.33 bits per heavy atom. The molecule has 0 radical (unpaired) electrons. The van der Waals surface area contributed by atoms with Gasteiger partial charge in [-0.25, -0.2) is 0 Å². The van der Waals surface area contributed by atoms with Gasteiger partial charge in [-0.2, -0.15) is 0 Å². The van der Waals surface area contributed by atoms with Crippen molar-refractivity contribution in [3.8, 4) is 0 Å². The minimum absolute atomic E-state index is 0.0981. The summed E-state index contributed by atoms with van der Waals surface area (Å²) in [5, 5.41) is 11.2. The molecule has 0 aromatic carbocycles. The van der Waals surface area contributed by atoms with Crippen LogP contribution in [-0.2, 0) is 0 Å². The number of nitrogens with zero attached hydrogens (tertiary/aromatic N) is 1. The van der Waals surface area contributed by atoms with Gasteiger partial charge in [0.15, 0.2) is 6.00 Å². The number of hydrogen-bond donors (Lipinski definition) is 0. The first-order chi connectivity index (χ1) is 4.27. The van der Waals surface area contributed by atoms with Gasteiger partial charge in [-0.3, -0.25) is 0 Å².